The number of halogens is 2. The molecule has 1 atom stereocenters. The number of carbonyl (C=O) groups is 1. The van der Waals surface area contributed by atoms with Gasteiger partial charge in [0.05, 0.1) is 11.6 Å². The molecule has 1 N–H and O–H groups in total. The summed E-state index contributed by atoms with van der Waals surface area (Å²) in [6, 6.07) is 11.8. The van der Waals surface area contributed by atoms with Gasteiger partial charge in [0.2, 0.25) is 0 Å². The molecular weight excluding hydrogens is 321 g/mol. The second-order valence-corrected chi connectivity index (χ2v) is 5.74. The standard InChI is InChI=1S/C16H13BrFNO/c17-11-5-6-14(18)13(9-11)16(20)15-12-4-2-1-3-10(12)7-8-19-15/h1-6,9,15,19H,7-8H2. The highest BCUT2D eigenvalue weighted by atomic mass is 79.9. The van der Waals surface area contributed by atoms with Crippen LogP contribution in [-0.4, -0.2) is 12.3 Å². The summed E-state index contributed by atoms with van der Waals surface area (Å²) < 4.78 is 14.6. The van der Waals surface area contributed by atoms with E-state index in [1.54, 1.807) is 6.07 Å². The Morgan fingerprint density at radius 2 is 2.05 bits per heavy atom. The van der Waals surface area contributed by atoms with Gasteiger partial charge in [-0.25, -0.2) is 4.39 Å². The van der Waals surface area contributed by atoms with Crippen molar-refractivity contribution in [1.82, 2.24) is 5.32 Å². The Hall–Kier alpha value is -1.52. The van der Waals surface area contributed by atoms with Crippen LogP contribution in [0.15, 0.2) is 46.9 Å². The Balaban J connectivity index is 2.02. The first-order valence-electron chi connectivity index (χ1n) is 6.47. The summed E-state index contributed by atoms with van der Waals surface area (Å²) in [5.41, 5.74) is 2.22. The van der Waals surface area contributed by atoms with Gasteiger partial charge in [0.25, 0.3) is 0 Å². The summed E-state index contributed by atoms with van der Waals surface area (Å²) in [6.07, 6.45) is 0.890. The molecule has 0 radical (unpaired) electrons. The lowest BCUT2D eigenvalue weighted by Gasteiger charge is -2.26. The predicted octanol–water partition coefficient (Wildman–Crippen LogP) is 3.66. The van der Waals surface area contributed by atoms with E-state index in [0.29, 0.717) is 4.47 Å². The number of carbonyl (C=O) groups excluding carboxylic acids is 1. The molecule has 0 aromatic heterocycles. The van der Waals surface area contributed by atoms with Gasteiger partial charge in [0, 0.05) is 11.0 Å². The van der Waals surface area contributed by atoms with E-state index >= 15 is 0 Å². The fourth-order valence-electron chi connectivity index (χ4n) is 2.58. The minimum Gasteiger partial charge on any atom is -0.303 e. The largest absolute Gasteiger partial charge is 0.303 e. The van der Waals surface area contributed by atoms with Crippen molar-refractivity contribution in [1.29, 1.82) is 0 Å². The van der Waals surface area contributed by atoms with Crippen LogP contribution in [0.1, 0.15) is 27.5 Å². The summed E-state index contributed by atoms with van der Waals surface area (Å²) in [5, 5.41) is 3.19. The SMILES string of the molecule is O=C(c1cc(Br)ccc1F)C1NCCc2ccccc21. The second-order valence-electron chi connectivity index (χ2n) is 4.82. The number of ketones is 1. The number of Topliss-reactive ketones (excluding diaryl/α,β-unsaturated/α-hetero) is 1. The summed E-state index contributed by atoms with van der Waals surface area (Å²) in [7, 11) is 0. The molecule has 0 saturated carbocycles. The second kappa shape index (κ2) is 5.46. The van der Waals surface area contributed by atoms with Gasteiger partial charge in [0.15, 0.2) is 5.78 Å². The lowest BCUT2D eigenvalue weighted by molar-refractivity contribution is 0.0935. The third-order valence-corrected chi connectivity index (χ3v) is 4.06. The number of hydrogen-bond donors (Lipinski definition) is 1. The topological polar surface area (TPSA) is 29.1 Å². The zero-order valence-electron chi connectivity index (χ0n) is 10.7. The molecule has 2 aromatic carbocycles. The van der Waals surface area contributed by atoms with Crippen molar-refractivity contribution in [2.75, 3.05) is 6.54 Å². The van der Waals surface area contributed by atoms with Crippen LogP contribution in [0, 0.1) is 5.82 Å². The minimum absolute atomic E-state index is 0.119. The maximum Gasteiger partial charge on any atom is 0.187 e. The fraction of sp³-hybridized carbons (Fsp3) is 0.188. The van der Waals surface area contributed by atoms with Crippen LogP contribution in [0.5, 0.6) is 0 Å². The smallest absolute Gasteiger partial charge is 0.187 e. The van der Waals surface area contributed by atoms with E-state index in [0.717, 1.165) is 24.1 Å². The third-order valence-electron chi connectivity index (χ3n) is 3.56. The summed E-state index contributed by atoms with van der Waals surface area (Å²) >= 11 is 3.28. The summed E-state index contributed by atoms with van der Waals surface area (Å²) in [6.45, 7) is 0.725. The zero-order valence-corrected chi connectivity index (χ0v) is 12.3. The first-order valence-corrected chi connectivity index (χ1v) is 7.26. The van der Waals surface area contributed by atoms with Gasteiger partial charge in [-0.2, -0.15) is 0 Å². The molecule has 4 heteroatoms. The molecule has 0 spiro atoms. The zero-order chi connectivity index (χ0) is 14.1. The highest BCUT2D eigenvalue weighted by Gasteiger charge is 2.28. The lowest BCUT2D eigenvalue weighted by atomic mass is 9.89. The Labute approximate surface area is 125 Å². The molecule has 0 bridgehead atoms. The van der Waals surface area contributed by atoms with Crippen LogP contribution in [0.3, 0.4) is 0 Å². The maximum atomic E-state index is 13.9. The molecule has 102 valence electrons. The summed E-state index contributed by atoms with van der Waals surface area (Å²) in [4.78, 5) is 12.6. The average Bonchev–Trinajstić information content (AvgIpc) is 2.48. The Bertz CT molecular complexity index is 671. The van der Waals surface area contributed by atoms with Gasteiger partial charge in [0.1, 0.15) is 5.82 Å². The number of benzene rings is 2. The van der Waals surface area contributed by atoms with Crippen molar-refractivity contribution < 1.29 is 9.18 Å². The molecule has 1 unspecified atom stereocenters. The molecule has 0 saturated heterocycles. The molecule has 1 aliphatic heterocycles. The molecular formula is C16H13BrFNO. The van der Waals surface area contributed by atoms with E-state index in [-0.39, 0.29) is 11.3 Å². The third kappa shape index (κ3) is 2.41. The number of hydrogen-bond acceptors (Lipinski definition) is 2. The van der Waals surface area contributed by atoms with Crippen LogP contribution in [0.4, 0.5) is 4.39 Å². The van der Waals surface area contributed by atoms with E-state index < -0.39 is 11.9 Å². The highest BCUT2D eigenvalue weighted by molar-refractivity contribution is 9.10. The van der Waals surface area contributed by atoms with E-state index in [2.05, 4.69) is 21.2 Å². The molecule has 0 fully saturated rings. The molecule has 0 aliphatic carbocycles. The molecule has 2 aromatic rings. The highest BCUT2D eigenvalue weighted by Crippen LogP contribution is 2.27. The van der Waals surface area contributed by atoms with E-state index in [4.69, 9.17) is 0 Å². The number of rotatable bonds is 2. The van der Waals surface area contributed by atoms with Crippen molar-refractivity contribution in [3.05, 3.63) is 69.4 Å². The molecule has 20 heavy (non-hydrogen) atoms. The quantitative estimate of drug-likeness (QED) is 0.850. The van der Waals surface area contributed by atoms with Crippen LogP contribution >= 0.6 is 15.9 Å². The number of fused-ring (bicyclic) bond motifs is 1. The molecule has 1 aliphatic rings. The van der Waals surface area contributed by atoms with Crippen molar-refractivity contribution in [3.63, 3.8) is 0 Å². The normalized spacial score (nSPS) is 17.6. The van der Waals surface area contributed by atoms with Crippen molar-refractivity contribution in [3.8, 4) is 0 Å². The Morgan fingerprint density at radius 1 is 1.25 bits per heavy atom. The average molecular weight is 334 g/mol. The van der Waals surface area contributed by atoms with E-state index in [1.165, 1.54) is 12.1 Å². The molecule has 0 amide bonds. The van der Waals surface area contributed by atoms with Crippen molar-refractivity contribution >= 4 is 21.7 Å². The molecule has 1 heterocycles. The van der Waals surface area contributed by atoms with E-state index in [1.807, 2.05) is 24.3 Å². The van der Waals surface area contributed by atoms with Gasteiger partial charge in [-0.15, -0.1) is 0 Å². The van der Waals surface area contributed by atoms with Crippen molar-refractivity contribution in [2.24, 2.45) is 0 Å². The van der Waals surface area contributed by atoms with Gasteiger partial charge < -0.3 is 5.32 Å². The monoisotopic (exact) mass is 333 g/mol. The van der Waals surface area contributed by atoms with Crippen LogP contribution in [0.2, 0.25) is 0 Å². The fourth-order valence-corrected chi connectivity index (χ4v) is 2.94. The van der Waals surface area contributed by atoms with Gasteiger partial charge in [-0.1, -0.05) is 40.2 Å². The Morgan fingerprint density at radius 3 is 2.90 bits per heavy atom. The minimum atomic E-state index is -0.483. The van der Waals surface area contributed by atoms with Crippen LogP contribution in [0.25, 0.3) is 0 Å². The maximum absolute atomic E-state index is 13.9. The van der Waals surface area contributed by atoms with Crippen LogP contribution in [-0.2, 0) is 6.42 Å². The lowest BCUT2D eigenvalue weighted by Crippen LogP contribution is -2.35. The molecule has 2 nitrogen and oxygen atoms in total. The number of nitrogens with one attached hydrogen (secondary N) is 1. The summed E-state index contributed by atoms with van der Waals surface area (Å²) in [5.74, 6) is -0.709. The van der Waals surface area contributed by atoms with E-state index in [9.17, 15) is 9.18 Å². The first kappa shape index (κ1) is 13.5. The first-order chi connectivity index (χ1) is 9.66. The Kier molecular flexibility index (Phi) is 3.68. The van der Waals surface area contributed by atoms with Gasteiger partial charge >= 0.3 is 0 Å². The van der Waals surface area contributed by atoms with Gasteiger partial charge in [-0.3, -0.25) is 4.79 Å². The van der Waals surface area contributed by atoms with Crippen LogP contribution < -0.4 is 5.32 Å². The predicted molar refractivity (Wildman–Crippen MR) is 79.3 cm³/mol. The molecule has 3 rings (SSSR count). The van der Waals surface area contributed by atoms with Crippen molar-refractivity contribution in [2.45, 2.75) is 12.5 Å². The van der Waals surface area contributed by atoms with Gasteiger partial charge in [-0.05, 0) is 35.7 Å².